The van der Waals surface area contributed by atoms with Crippen LogP contribution in [0.25, 0.3) is 0 Å². The first-order chi connectivity index (χ1) is 14.8. The molecule has 0 spiro atoms. The number of likely N-dealkylation sites (N-methyl/N-ethyl adjacent to an activating group) is 1. The number of benzene rings is 2. The number of carbonyl (C=O) groups is 2. The summed E-state index contributed by atoms with van der Waals surface area (Å²) in [6.45, 7) is 1.66. The van der Waals surface area contributed by atoms with E-state index in [0.29, 0.717) is 12.1 Å². The van der Waals surface area contributed by atoms with Gasteiger partial charge in [-0.1, -0.05) is 61.5 Å². The molecule has 9 nitrogen and oxygen atoms in total. The van der Waals surface area contributed by atoms with Crippen LogP contribution in [-0.4, -0.2) is 51.5 Å². The second-order valence-electron chi connectivity index (χ2n) is 8.09. The quantitative estimate of drug-likeness (QED) is 0.397. The molecule has 1 saturated heterocycles. The SMILES string of the molecule is CCN1C[C@]2([N+](=O)[O-])C(=O)c3ccccc3[C@@]([N+](=O)[O-])(C1)[C@H]2CC(=O)c1ccccc1. The van der Waals surface area contributed by atoms with Crippen molar-refractivity contribution in [2.45, 2.75) is 24.4 Å². The number of rotatable bonds is 6. The number of fused-ring (bicyclic) bond motifs is 4. The number of nitrogens with zero attached hydrogens (tertiary/aromatic N) is 3. The van der Waals surface area contributed by atoms with Crippen LogP contribution in [0.5, 0.6) is 0 Å². The van der Waals surface area contributed by atoms with E-state index in [0.717, 1.165) is 0 Å². The Hall–Kier alpha value is -3.46. The summed E-state index contributed by atoms with van der Waals surface area (Å²) in [5, 5.41) is 25.1. The fraction of sp³-hybridized carbons (Fsp3) is 0.364. The third-order valence-corrected chi connectivity index (χ3v) is 6.70. The van der Waals surface area contributed by atoms with Gasteiger partial charge in [0, 0.05) is 33.0 Å². The molecular formula is C22H21N3O6. The molecule has 0 aromatic heterocycles. The predicted molar refractivity (Wildman–Crippen MR) is 110 cm³/mol. The molecular weight excluding hydrogens is 402 g/mol. The van der Waals surface area contributed by atoms with Gasteiger partial charge in [0.15, 0.2) is 5.78 Å². The lowest BCUT2D eigenvalue weighted by atomic mass is 9.56. The number of piperidine rings is 1. The zero-order valence-corrected chi connectivity index (χ0v) is 16.9. The maximum Gasteiger partial charge on any atom is 0.306 e. The average molecular weight is 423 g/mol. The zero-order chi connectivity index (χ0) is 22.4. The van der Waals surface area contributed by atoms with Crippen LogP contribution in [0, 0.1) is 26.1 Å². The van der Waals surface area contributed by atoms with Crippen LogP contribution in [0.4, 0.5) is 0 Å². The van der Waals surface area contributed by atoms with E-state index in [1.807, 2.05) is 0 Å². The molecule has 2 aromatic carbocycles. The maximum atomic E-state index is 13.5. The van der Waals surface area contributed by atoms with Crippen molar-refractivity contribution >= 4 is 11.6 Å². The average Bonchev–Trinajstić information content (AvgIpc) is 2.78. The molecule has 1 aliphatic carbocycles. The fourth-order valence-electron chi connectivity index (χ4n) is 5.19. The van der Waals surface area contributed by atoms with Gasteiger partial charge in [-0.15, -0.1) is 0 Å². The van der Waals surface area contributed by atoms with Crippen LogP contribution >= 0.6 is 0 Å². The molecule has 0 radical (unpaired) electrons. The van der Waals surface area contributed by atoms with Crippen LogP contribution in [0.15, 0.2) is 54.6 Å². The second-order valence-corrected chi connectivity index (χ2v) is 8.09. The molecule has 0 saturated carbocycles. The van der Waals surface area contributed by atoms with Crippen LogP contribution in [0.1, 0.15) is 39.6 Å². The van der Waals surface area contributed by atoms with Gasteiger partial charge in [-0.2, -0.15) is 0 Å². The highest BCUT2D eigenvalue weighted by Crippen LogP contribution is 2.53. The monoisotopic (exact) mass is 423 g/mol. The molecule has 2 bridgehead atoms. The van der Waals surface area contributed by atoms with E-state index in [1.165, 1.54) is 12.1 Å². The molecule has 31 heavy (non-hydrogen) atoms. The van der Waals surface area contributed by atoms with Crippen LogP contribution in [-0.2, 0) is 5.54 Å². The van der Waals surface area contributed by atoms with E-state index in [-0.39, 0.29) is 24.2 Å². The van der Waals surface area contributed by atoms with Crippen molar-refractivity contribution in [2.75, 3.05) is 19.6 Å². The van der Waals surface area contributed by atoms with Gasteiger partial charge in [-0.25, -0.2) is 0 Å². The second kappa shape index (κ2) is 7.35. The van der Waals surface area contributed by atoms with Crippen LogP contribution < -0.4 is 0 Å². The lowest BCUT2D eigenvalue weighted by molar-refractivity contribution is -0.640. The lowest BCUT2D eigenvalue weighted by Gasteiger charge is -2.50. The van der Waals surface area contributed by atoms with Crippen molar-refractivity contribution in [2.24, 2.45) is 5.92 Å². The number of hydrogen-bond donors (Lipinski definition) is 0. The Morgan fingerprint density at radius 2 is 1.58 bits per heavy atom. The summed E-state index contributed by atoms with van der Waals surface area (Å²) in [4.78, 5) is 52.1. The first-order valence-electron chi connectivity index (χ1n) is 10.0. The third-order valence-electron chi connectivity index (χ3n) is 6.70. The number of likely N-dealkylation sites (tertiary alicyclic amines) is 1. The summed E-state index contributed by atoms with van der Waals surface area (Å²) in [5.41, 5.74) is -3.78. The lowest BCUT2D eigenvalue weighted by Crippen LogP contribution is -2.75. The number of Topliss-reactive ketones (excluding diaryl/α,β-unsaturated/α-hetero) is 2. The van der Waals surface area contributed by atoms with Gasteiger partial charge >= 0.3 is 5.54 Å². The molecule has 1 aliphatic heterocycles. The van der Waals surface area contributed by atoms with E-state index in [2.05, 4.69) is 0 Å². The Morgan fingerprint density at radius 3 is 2.19 bits per heavy atom. The molecule has 2 aromatic rings. The summed E-state index contributed by atoms with van der Waals surface area (Å²) in [5.74, 6) is -2.64. The third kappa shape index (κ3) is 2.80. The largest absolute Gasteiger partial charge is 0.306 e. The highest BCUT2D eigenvalue weighted by Gasteiger charge is 2.77. The molecule has 160 valence electrons. The van der Waals surface area contributed by atoms with Gasteiger partial charge in [-0.05, 0) is 6.54 Å². The van der Waals surface area contributed by atoms with Crippen molar-refractivity contribution in [3.63, 3.8) is 0 Å². The minimum Gasteiger partial charge on any atom is -0.294 e. The summed E-state index contributed by atoms with van der Waals surface area (Å²) >= 11 is 0. The molecule has 1 heterocycles. The van der Waals surface area contributed by atoms with Gasteiger partial charge in [0.05, 0.1) is 13.1 Å². The maximum absolute atomic E-state index is 13.5. The van der Waals surface area contributed by atoms with Gasteiger partial charge in [0.25, 0.3) is 5.54 Å². The van der Waals surface area contributed by atoms with Crippen molar-refractivity contribution in [3.8, 4) is 0 Å². The van der Waals surface area contributed by atoms with E-state index >= 15 is 0 Å². The molecule has 0 unspecified atom stereocenters. The first-order valence-corrected chi connectivity index (χ1v) is 10.0. The van der Waals surface area contributed by atoms with Crippen molar-refractivity contribution < 1.29 is 19.4 Å². The minimum atomic E-state index is -2.28. The Kier molecular flexibility index (Phi) is 4.93. The Balaban J connectivity index is 1.99. The van der Waals surface area contributed by atoms with Crippen molar-refractivity contribution in [3.05, 3.63) is 91.5 Å². The van der Waals surface area contributed by atoms with Crippen molar-refractivity contribution in [1.29, 1.82) is 0 Å². The van der Waals surface area contributed by atoms with E-state index < -0.39 is 44.8 Å². The van der Waals surface area contributed by atoms with Crippen LogP contribution in [0.3, 0.4) is 0 Å². The summed E-state index contributed by atoms with van der Waals surface area (Å²) in [6.07, 6.45) is -0.469. The zero-order valence-electron chi connectivity index (χ0n) is 16.9. The number of nitro groups is 2. The molecule has 2 aliphatic rings. The van der Waals surface area contributed by atoms with Crippen LogP contribution in [0.2, 0.25) is 0 Å². The summed E-state index contributed by atoms with van der Waals surface area (Å²) in [6, 6.07) is 14.2. The van der Waals surface area contributed by atoms with Gasteiger partial charge in [-0.3, -0.25) is 34.7 Å². The molecule has 0 N–H and O–H groups in total. The highest BCUT2D eigenvalue weighted by atomic mass is 16.6. The Morgan fingerprint density at radius 1 is 1.00 bits per heavy atom. The number of hydrogen-bond acceptors (Lipinski definition) is 7. The van der Waals surface area contributed by atoms with Gasteiger partial charge in [0.1, 0.15) is 5.92 Å². The number of ketones is 2. The van der Waals surface area contributed by atoms with E-state index in [9.17, 15) is 29.8 Å². The summed E-state index contributed by atoms with van der Waals surface area (Å²) < 4.78 is 0. The smallest absolute Gasteiger partial charge is 0.294 e. The van der Waals surface area contributed by atoms with E-state index in [1.54, 1.807) is 54.3 Å². The summed E-state index contributed by atoms with van der Waals surface area (Å²) in [7, 11) is 0. The predicted octanol–water partition coefficient (Wildman–Crippen LogP) is 2.60. The molecule has 3 atom stereocenters. The molecule has 0 amide bonds. The highest BCUT2D eigenvalue weighted by molar-refractivity contribution is 6.07. The molecule has 4 rings (SSSR count). The Labute approximate surface area is 178 Å². The standard InChI is InChI=1S/C22H21N3O6/c1-2-23-13-21(24(28)29)17-11-7-6-10-16(17)20(27)22(14-23,25(30)31)19(21)12-18(26)15-8-4-3-5-9-15/h3-11,19H,2,12-14H2,1H3/t19-,21+,22-/m1/s1. The van der Waals surface area contributed by atoms with Gasteiger partial charge in [0.2, 0.25) is 5.78 Å². The Bertz CT molecular complexity index is 1090. The number of carbonyl (C=O) groups excluding carboxylic acids is 2. The topological polar surface area (TPSA) is 124 Å². The first kappa shape index (κ1) is 20.8. The molecule has 9 heteroatoms. The van der Waals surface area contributed by atoms with E-state index in [4.69, 9.17) is 0 Å². The fourth-order valence-corrected chi connectivity index (χ4v) is 5.19. The minimum absolute atomic E-state index is 0.00457. The molecule has 1 fully saturated rings. The van der Waals surface area contributed by atoms with Gasteiger partial charge < -0.3 is 0 Å². The van der Waals surface area contributed by atoms with Crippen molar-refractivity contribution in [1.82, 2.24) is 4.90 Å². The normalized spacial score (nSPS) is 27.4.